The first-order chi connectivity index (χ1) is 6.66. The van der Waals surface area contributed by atoms with E-state index >= 15 is 0 Å². The average molecular weight is 230 g/mol. The largest absolute Gasteiger partial charge is 0.476 e. The third-order valence-corrected chi connectivity index (χ3v) is 2.63. The first-order valence-corrected chi connectivity index (χ1v) is 4.86. The van der Waals surface area contributed by atoms with Crippen molar-refractivity contribution >= 4 is 28.9 Å². The normalized spacial score (nSPS) is 10.4. The molecule has 0 saturated heterocycles. The van der Waals surface area contributed by atoms with Gasteiger partial charge in [0.2, 0.25) is 5.89 Å². The SMILES string of the molecule is O=C(O)c1coc(-c2csc(Cl)c2)n1. The van der Waals surface area contributed by atoms with Gasteiger partial charge in [0, 0.05) is 10.9 Å². The highest BCUT2D eigenvalue weighted by Crippen LogP contribution is 2.27. The minimum atomic E-state index is -1.11. The number of rotatable bonds is 2. The first-order valence-electron chi connectivity index (χ1n) is 3.60. The summed E-state index contributed by atoms with van der Waals surface area (Å²) in [4.78, 5) is 14.3. The second-order valence-corrected chi connectivity index (χ2v) is 4.03. The molecule has 2 aromatic rings. The Labute approximate surface area is 87.8 Å². The van der Waals surface area contributed by atoms with E-state index in [-0.39, 0.29) is 11.6 Å². The number of carboxylic acids is 1. The number of aromatic nitrogens is 1. The van der Waals surface area contributed by atoms with Gasteiger partial charge in [0.15, 0.2) is 5.69 Å². The lowest BCUT2D eigenvalue weighted by atomic mass is 10.3. The topological polar surface area (TPSA) is 63.3 Å². The van der Waals surface area contributed by atoms with Gasteiger partial charge in [-0.15, -0.1) is 11.3 Å². The Morgan fingerprint density at radius 3 is 2.93 bits per heavy atom. The molecule has 0 spiro atoms. The summed E-state index contributed by atoms with van der Waals surface area (Å²) in [5, 5.41) is 10.4. The zero-order valence-corrected chi connectivity index (χ0v) is 8.30. The third-order valence-electron chi connectivity index (χ3n) is 1.54. The summed E-state index contributed by atoms with van der Waals surface area (Å²) in [6.45, 7) is 0. The van der Waals surface area contributed by atoms with Gasteiger partial charge in [0.1, 0.15) is 6.26 Å². The van der Waals surface area contributed by atoms with Crippen molar-refractivity contribution in [3.8, 4) is 11.5 Å². The third kappa shape index (κ3) is 1.64. The Kier molecular flexibility index (Phi) is 2.26. The number of carbonyl (C=O) groups is 1. The lowest BCUT2D eigenvalue weighted by Crippen LogP contribution is -1.95. The molecule has 0 saturated carbocycles. The van der Waals surface area contributed by atoms with Crippen LogP contribution in [0, 0.1) is 0 Å². The molecule has 0 radical (unpaired) electrons. The fraction of sp³-hybridized carbons (Fsp3) is 0. The van der Waals surface area contributed by atoms with Crippen LogP contribution in [0.4, 0.5) is 0 Å². The van der Waals surface area contributed by atoms with Crippen LogP contribution in [0.1, 0.15) is 10.5 Å². The van der Waals surface area contributed by atoms with E-state index < -0.39 is 5.97 Å². The fourth-order valence-corrected chi connectivity index (χ4v) is 1.78. The predicted molar refractivity (Wildman–Crippen MR) is 51.8 cm³/mol. The summed E-state index contributed by atoms with van der Waals surface area (Å²) >= 11 is 7.05. The molecular weight excluding hydrogens is 226 g/mol. The van der Waals surface area contributed by atoms with Crippen molar-refractivity contribution in [2.24, 2.45) is 0 Å². The van der Waals surface area contributed by atoms with Crippen LogP contribution in [-0.2, 0) is 0 Å². The predicted octanol–water partition coefficient (Wildman–Crippen LogP) is 2.75. The minimum Gasteiger partial charge on any atom is -0.476 e. The van der Waals surface area contributed by atoms with Crippen molar-refractivity contribution in [2.75, 3.05) is 0 Å². The number of oxazole rings is 1. The maximum atomic E-state index is 10.5. The van der Waals surface area contributed by atoms with E-state index in [1.165, 1.54) is 11.3 Å². The molecule has 0 atom stereocenters. The molecule has 1 N–H and O–H groups in total. The lowest BCUT2D eigenvalue weighted by molar-refractivity contribution is 0.0690. The zero-order valence-electron chi connectivity index (χ0n) is 6.73. The van der Waals surface area contributed by atoms with Crippen LogP contribution in [0.15, 0.2) is 22.1 Å². The van der Waals surface area contributed by atoms with Crippen LogP contribution in [0.5, 0.6) is 0 Å². The number of hydrogen-bond donors (Lipinski definition) is 1. The summed E-state index contributed by atoms with van der Waals surface area (Å²) < 4.78 is 5.59. The molecule has 0 aliphatic carbocycles. The van der Waals surface area contributed by atoms with Crippen molar-refractivity contribution in [3.63, 3.8) is 0 Å². The number of carboxylic acid groups (broad SMARTS) is 1. The van der Waals surface area contributed by atoms with E-state index in [9.17, 15) is 4.79 Å². The van der Waals surface area contributed by atoms with Crippen molar-refractivity contribution in [2.45, 2.75) is 0 Å². The Morgan fingerprint density at radius 1 is 1.64 bits per heavy atom. The van der Waals surface area contributed by atoms with E-state index in [1.54, 1.807) is 11.4 Å². The Morgan fingerprint density at radius 2 is 2.43 bits per heavy atom. The van der Waals surface area contributed by atoms with Gasteiger partial charge >= 0.3 is 5.97 Å². The molecule has 0 unspecified atom stereocenters. The molecule has 2 aromatic heterocycles. The fourth-order valence-electron chi connectivity index (χ4n) is 0.927. The van der Waals surface area contributed by atoms with Gasteiger partial charge < -0.3 is 9.52 Å². The second kappa shape index (κ2) is 3.43. The lowest BCUT2D eigenvalue weighted by Gasteiger charge is -1.84. The van der Waals surface area contributed by atoms with Gasteiger partial charge in [-0.1, -0.05) is 11.6 Å². The quantitative estimate of drug-likeness (QED) is 0.860. The smallest absolute Gasteiger partial charge is 0.357 e. The minimum absolute atomic E-state index is 0.109. The molecule has 0 fully saturated rings. The molecule has 14 heavy (non-hydrogen) atoms. The zero-order chi connectivity index (χ0) is 10.1. The van der Waals surface area contributed by atoms with E-state index in [0.717, 1.165) is 6.26 Å². The number of halogens is 1. The molecule has 4 nitrogen and oxygen atoms in total. The molecule has 0 amide bonds. The van der Waals surface area contributed by atoms with Gasteiger partial charge in [-0.05, 0) is 6.07 Å². The summed E-state index contributed by atoms with van der Waals surface area (Å²) in [5.41, 5.74) is 0.579. The van der Waals surface area contributed by atoms with Gasteiger partial charge in [-0.2, -0.15) is 0 Å². The maximum Gasteiger partial charge on any atom is 0.357 e. The number of thiophene rings is 1. The average Bonchev–Trinajstić information content (AvgIpc) is 2.70. The highest BCUT2D eigenvalue weighted by molar-refractivity contribution is 7.14. The van der Waals surface area contributed by atoms with Crippen LogP contribution >= 0.6 is 22.9 Å². The van der Waals surface area contributed by atoms with Crippen LogP contribution in [0.3, 0.4) is 0 Å². The number of aromatic carboxylic acids is 1. The molecule has 2 rings (SSSR count). The van der Waals surface area contributed by atoms with Crippen molar-refractivity contribution in [1.29, 1.82) is 0 Å². The standard InChI is InChI=1S/C8H4ClNO3S/c9-6-1-4(3-14-6)7-10-5(2-13-7)8(11)12/h1-3H,(H,11,12). The van der Waals surface area contributed by atoms with E-state index in [1.807, 2.05) is 0 Å². The van der Waals surface area contributed by atoms with Gasteiger partial charge in [-0.3, -0.25) is 0 Å². The molecule has 72 valence electrons. The highest BCUT2D eigenvalue weighted by atomic mass is 35.5. The summed E-state index contributed by atoms with van der Waals surface area (Å²) in [5.74, 6) is -0.841. The first kappa shape index (κ1) is 9.23. The Balaban J connectivity index is 2.38. The van der Waals surface area contributed by atoms with Crippen molar-refractivity contribution in [3.05, 3.63) is 27.7 Å². The summed E-state index contributed by atoms with van der Waals surface area (Å²) in [6.07, 6.45) is 1.10. The molecule has 0 aliphatic heterocycles. The Bertz CT molecular complexity index is 476. The number of nitrogens with zero attached hydrogens (tertiary/aromatic N) is 1. The summed E-state index contributed by atoms with van der Waals surface area (Å²) in [7, 11) is 0. The van der Waals surface area contributed by atoms with E-state index in [4.69, 9.17) is 21.1 Å². The van der Waals surface area contributed by atoms with Gasteiger partial charge in [-0.25, -0.2) is 9.78 Å². The van der Waals surface area contributed by atoms with Crippen LogP contribution < -0.4 is 0 Å². The monoisotopic (exact) mass is 229 g/mol. The second-order valence-electron chi connectivity index (χ2n) is 2.48. The molecule has 0 aliphatic rings. The molecule has 0 aromatic carbocycles. The van der Waals surface area contributed by atoms with Gasteiger partial charge in [0.25, 0.3) is 0 Å². The summed E-state index contributed by atoms with van der Waals surface area (Å²) in [6, 6.07) is 1.67. The molecular formula is C8H4ClNO3S. The molecule has 0 bridgehead atoms. The van der Waals surface area contributed by atoms with Crippen molar-refractivity contribution < 1.29 is 14.3 Å². The van der Waals surface area contributed by atoms with Crippen LogP contribution in [0.2, 0.25) is 4.34 Å². The van der Waals surface area contributed by atoms with Crippen LogP contribution in [0.25, 0.3) is 11.5 Å². The molecule has 2 heterocycles. The maximum absolute atomic E-state index is 10.5. The van der Waals surface area contributed by atoms with Crippen LogP contribution in [-0.4, -0.2) is 16.1 Å². The van der Waals surface area contributed by atoms with Gasteiger partial charge in [0.05, 0.1) is 4.34 Å². The number of hydrogen-bond acceptors (Lipinski definition) is 4. The Hall–Kier alpha value is -1.33. The van der Waals surface area contributed by atoms with E-state index in [0.29, 0.717) is 9.90 Å². The van der Waals surface area contributed by atoms with Crippen molar-refractivity contribution in [1.82, 2.24) is 4.98 Å². The van der Waals surface area contributed by atoms with E-state index in [2.05, 4.69) is 4.98 Å². The highest BCUT2D eigenvalue weighted by Gasteiger charge is 2.12. The molecule has 6 heteroatoms.